The van der Waals surface area contributed by atoms with Crippen LogP contribution in [0.5, 0.6) is 0 Å². The summed E-state index contributed by atoms with van der Waals surface area (Å²) in [6.07, 6.45) is 1.79. The molecule has 3 aliphatic rings. The molecule has 1 N–H and O–H groups in total. The molecule has 7 rings (SSSR count). The number of rotatable bonds is 8. The number of ether oxygens (including phenoxy) is 1. The van der Waals surface area contributed by atoms with Crippen LogP contribution in [0.2, 0.25) is 0 Å². The zero-order valence-corrected chi connectivity index (χ0v) is 21.0. The van der Waals surface area contributed by atoms with E-state index >= 15 is 0 Å². The fourth-order valence-electron chi connectivity index (χ4n) is 5.75. The molecule has 2 atom stereocenters. The topological polar surface area (TPSA) is 77.2 Å². The summed E-state index contributed by atoms with van der Waals surface area (Å²) in [5.74, 6) is 0.878. The molecule has 38 heavy (non-hydrogen) atoms. The average molecular weight is 514 g/mol. The summed E-state index contributed by atoms with van der Waals surface area (Å²) in [6.45, 7) is 3.38. The molecule has 1 aromatic heterocycles. The highest BCUT2D eigenvalue weighted by Crippen LogP contribution is 2.38. The molecule has 2 bridgehead atoms. The molecule has 3 fully saturated rings. The van der Waals surface area contributed by atoms with Gasteiger partial charge in [0.2, 0.25) is 5.82 Å². The minimum Gasteiger partial charge on any atom is -0.454 e. The normalized spacial score (nSPS) is 23.1. The third kappa shape index (κ3) is 5.17. The first kappa shape index (κ1) is 24.3. The highest BCUT2D eigenvalue weighted by Gasteiger charge is 2.48. The maximum absolute atomic E-state index is 13.6. The van der Waals surface area contributed by atoms with Crippen LogP contribution in [-0.4, -0.2) is 46.3 Å². The molecule has 194 valence electrons. The Morgan fingerprint density at radius 1 is 1.00 bits per heavy atom. The van der Waals surface area contributed by atoms with E-state index in [0.29, 0.717) is 29.9 Å². The summed E-state index contributed by atoms with van der Waals surface area (Å²) in [6, 6.07) is 24.5. The van der Waals surface area contributed by atoms with Crippen LogP contribution in [0.4, 0.5) is 10.1 Å². The number of esters is 1. The standard InChI is InChI=1S/C30H30FN4O3/c31-24-11-13-25(14-12-24)32-28(22-7-3-1-4-8-22)30(36)37-26-19-35(17-15-21(26)16-18-35)20-27-33-29(38-34-27)23-9-5-2-6-10-23/h1-14,21,26,28,32H,15-20H2/q+1/t21?,26-,28+,35?/m0/s1. The van der Waals surface area contributed by atoms with Crippen LogP contribution in [0.15, 0.2) is 89.5 Å². The molecule has 0 aliphatic carbocycles. The molecule has 0 radical (unpaired) electrons. The fourth-order valence-corrected chi connectivity index (χ4v) is 5.75. The Kier molecular flexibility index (Phi) is 6.64. The predicted molar refractivity (Wildman–Crippen MR) is 140 cm³/mol. The molecule has 3 saturated heterocycles. The molecule has 0 saturated carbocycles. The minimum absolute atomic E-state index is 0.188. The number of anilines is 1. The molecule has 8 heteroatoms. The number of benzene rings is 3. The van der Waals surface area contributed by atoms with Crippen molar-refractivity contribution >= 4 is 11.7 Å². The number of quaternary nitrogens is 1. The maximum atomic E-state index is 13.6. The van der Waals surface area contributed by atoms with Crippen molar-refractivity contribution in [3.63, 3.8) is 0 Å². The second-order valence-corrected chi connectivity index (χ2v) is 10.3. The molecule has 4 heterocycles. The molecule has 7 nitrogen and oxygen atoms in total. The monoisotopic (exact) mass is 513 g/mol. The molecule has 3 aliphatic heterocycles. The fraction of sp³-hybridized carbons (Fsp3) is 0.300. The lowest BCUT2D eigenvalue weighted by Gasteiger charge is -2.51. The second-order valence-electron chi connectivity index (χ2n) is 10.3. The van der Waals surface area contributed by atoms with Gasteiger partial charge in [-0.3, -0.25) is 0 Å². The number of carbonyl (C=O) groups is 1. The second kappa shape index (κ2) is 10.4. The summed E-state index contributed by atoms with van der Waals surface area (Å²) >= 11 is 0. The SMILES string of the molecule is O=C(O[C@H]1C[N+]2(Cc3noc(-c4ccccc4)n3)CCC1CC2)[C@H](Nc1ccc(F)cc1)c1ccccc1. The number of nitrogens with zero attached hydrogens (tertiary/aromatic N) is 3. The summed E-state index contributed by atoms with van der Waals surface area (Å²) in [7, 11) is 0. The van der Waals surface area contributed by atoms with E-state index in [1.807, 2.05) is 60.7 Å². The van der Waals surface area contributed by atoms with Crippen LogP contribution in [-0.2, 0) is 16.1 Å². The number of hydrogen-bond donors (Lipinski definition) is 1. The number of piperidine rings is 3. The first-order valence-corrected chi connectivity index (χ1v) is 13.1. The number of halogens is 1. The Labute approximate surface area is 220 Å². The van der Waals surface area contributed by atoms with Crippen molar-refractivity contribution in [1.29, 1.82) is 0 Å². The molecule has 0 unspecified atom stereocenters. The van der Waals surface area contributed by atoms with Crippen LogP contribution in [0.1, 0.15) is 30.3 Å². The number of hydrogen-bond acceptors (Lipinski definition) is 6. The van der Waals surface area contributed by atoms with Crippen molar-refractivity contribution in [3.05, 3.63) is 102 Å². The van der Waals surface area contributed by atoms with Crippen molar-refractivity contribution in [2.45, 2.75) is 31.5 Å². The average Bonchev–Trinajstić information content (AvgIpc) is 3.42. The molecule has 3 aromatic carbocycles. The number of fused-ring (bicyclic) bond motifs is 3. The van der Waals surface area contributed by atoms with Crippen LogP contribution < -0.4 is 5.32 Å². The molecular weight excluding hydrogens is 483 g/mol. The van der Waals surface area contributed by atoms with Crippen molar-refractivity contribution in [1.82, 2.24) is 10.1 Å². The summed E-state index contributed by atoms with van der Waals surface area (Å²) in [5.41, 5.74) is 2.35. The maximum Gasteiger partial charge on any atom is 0.333 e. The van der Waals surface area contributed by atoms with E-state index < -0.39 is 6.04 Å². The van der Waals surface area contributed by atoms with Gasteiger partial charge < -0.3 is 19.1 Å². The van der Waals surface area contributed by atoms with E-state index in [1.54, 1.807) is 12.1 Å². The first-order valence-electron chi connectivity index (χ1n) is 13.1. The Hall–Kier alpha value is -4.04. The Bertz CT molecular complexity index is 1370. The largest absolute Gasteiger partial charge is 0.454 e. The molecule has 4 aromatic rings. The van der Waals surface area contributed by atoms with Crippen LogP contribution >= 0.6 is 0 Å². The Balaban J connectivity index is 1.17. The van der Waals surface area contributed by atoms with Gasteiger partial charge in [0.25, 0.3) is 5.89 Å². The van der Waals surface area contributed by atoms with E-state index in [2.05, 4.69) is 15.5 Å². The lowest BCUT2D eigenvalue weighted by Crippen LogP contribution is -2.64. The third-order valence-corrected chi connectivity index (χ3v) is 7.80. The number of nitrogens with one attached hydrogen (secondary N) is 1. The highest BCUT2D eigenvalue weighted by atomic mass is 19.1. The smallest absolute Gasteiger partial charge is 0.333 e. The van der Waals surface area contributed by atoms with Gasteiger partial charge in [-0.15, -0.1) is 0 Å². The first-order chi connectivity index (χ1) is 18.6. The lowest BCUT2D eigenvalue weighted by molar-refractivity contribution is -0.958. The lowest BCUT2D eigenvalue weighted by atomic mass is 9.83. The van der Waals surface area contributed by atoms with Crippen LogP contribution in [0, 0.1) is 11.7 Å². The minimum atomic E-state index is -0.698. The number of aromatic nitrogens is 2. The van der Waals surface area contributed by atoms with E-state index in [1.165, 1.54) is 12.1 Å². The van der Waals surface area contributed by atoms with E-state index in [4.69, 9.17) is 9.26 Å². The summed E-state index contributed by atoms with van der Waals surface area (Å²) < 4.78 is 26.0. The van der Waals surface area contributed by atoms with E-state index in [9.17, 15) is 9.18 Å². The molecule has 0 amide bonds. The van der Waals surface area contributed by atoms with Gasteiger partial charge in [-0.05, 0) is 42.0 Å². The number of carbonyl (C=O) groups excluding carboxylic acids is 1. The van der Waals surface area contributed by atoms with Gasteiger partial charge in [0.15, 0.2) is 12.1 Å². The van der Waals surface area contributed by atoms with Gasteiger partial charge in [0.1, 0.15) is 18.9 Å². The van der Waals surface area contributed by atoms with Crippen LogP contribution in [0.25, 0.3) is 11.5 Å². The van der Waals surface area contributed by atoms with E-state index in [-0.39, 0.29) is 17.9 Å². The highest BCUT2D eigenvalue weighted by molar-refractivity contribution is 5.81. The Morgan fingerprint density at radius 3 is 2.39 bits per heavy atom. The van der Waals surface area contributed by atoms with Gasteiger partial charge in [-0.25, -0.2) is 9.18 Å². The van der Waals surface area contributed by atoms with Gasteiger partial charge in [0, 0.05) is 30.0 Å². The summed E-state index contributed by atoms with van der Waals surface area (Å²) in [5, 5.41) is 7.50. The van der Waals surface area contributed by atoms with Gasteiger partial charge >= 0.3 is 5.97 Å². The zero-order valence-electron chi connectivity index (χ0n) is 21.0. The van der Waals surface area contributed by atoms with Crippen molar-refractivity contribution < 1.29 is 22.9 Å². The van der Waals surface area contributed by atoms with Crippen molar-refractivity contribution in [3.8, 4) is 11.5 Å². The van der Waals surface area contributed by atoms with Gasteiger partial charge in [-0.1, -0.05) is 53.7 Å². The predicted octanol–water partition coefficient (Wildman–Crippen LogP) is 5.38. The van der Waals surface area contributed by atoms with Gasteiger partial charge in [0.05, 0.1) is 13.1 Å². The molecule has 0 spiro atoms. The van der Waals surface area contributed by atoms with Gasteiger partial charge in [-0.2, -0.15) is 4.98 Å². The van der Waals surface area contributed by atoms with E-state index in [0.717, 1.165) is 48.1 Å². The molecular formula is C30H30FN4O3+. The van der Waals surface area contributed by atoms with Crippen molar-refractivity contribution in [2.24, 2.45) is 5.92 Å². The Morgan fingerprint density at radius 2 is 1.68 bits per heavy atom. The summed E-state index contributed by atoms with van der Waals surface area (Å²) in [4.78, 5) is 18.2. The van der Waals surface area contributed by atoms with Crippen LogP contribution in [0.3, 0.4) is 0 Å². The van der Waals surface area contributed by atoms with Crippen molar-refractivity contribution in [2.75, 3.05) is 25.0 Å². The third-order valence-electron chi connectivity index (χ3n) is 7.80. The zero-order chi connectivity index (χ0) is 26.0. The quantitative estimate of drug-likeness (QED) is 0.252.